The highest BCUT2D eigenvalue weighted by Crippen LogP contribution is 2.25. The van der Waals surface area contributed by atoms with E-state index in [1.54, 1.807) is 11.3 Å². The molecule has 2 aromatic rings. The largest absolute Gasteiger partial charge is 0.391 e. The zero-order chi connectivity index (χ0) is 14.8. The van der Waals surface area contributed by atoms with Crippen molar-refractivity contribution in [3.63, 3.8) is 0 Å². The summed E-state index contributed by atoms with van der Waals surface area (Å²) >= 11 is 1.61. The number of aliphatic hydroxyl groups is 1. The normalized spacial score (nSPS) is 13.7. The monoisotopic (exact) mass is 290 g/mol. The van der Waals surface area contributed by atoms with Gasteiger partial charge in [-0.2, -0.15) is 0 Å². The molecule has 1 aromatic carbocycles. The summed E-state index contributed by atoms with van der Waals surface area (Å²) in [4.78, 5) is 6.68. The third-order valence-electron chi connectivity index (χ3n) is 3.96. The summed E-state index contributed by atoms with van der Waals surface area (Å²) in [5.41, 5.74) is 1.84. The smallest absolute Gasteiger partial charge is 0.0959 e. The second-order valence-electron chi connectivity index (χ2n) is 5.76. The van der Waals surface area contributed by atoms with Crippen molar-refractivity contribution in [1.29, 1.82) is 0 Å². The molecule has 1 N–H and O–H groups in total. The SMILES string of the molecule is CN(C)C(C)(C)C(O)Cc1nc(-c2ccccc2)cs1. The van der Waals surface area contributed by atoms with Crippen LogP contribution in [-0.4, -0.2) is 40.7 Å². The highest BCUT2D eigenvalue weighted by atomic mass is 32.1. The molecule has 108 valence electrons. The lowest BCUT2D eigenvalue weighted by molar-refractivity contribution is 0.0182. The van der Waals surface area contributed by atoms with Crippen molar-refractivity contribution in [2.24, 2.45) is 0 Å². The Bertz CT molecular complexity index is 549. The Morgan fingerprint density at radius 1 is 1.25 bits per heavy atom. The van der Waals surface area contributed by atoms with Crippen molar-refractivity contribution >= 4 is 11.3 Å². The van der Waals surface area contributed by atoms with Gasteiger partial charge >= 0.3 is 0 Å². The first kappa shape index (κ1) is 15.2. The minimum atomic E-state index is -0.438. The number of rotatable bonds is 5. The van der Waals surface area contributed by atoms with Gasteiger partial charge in [0, 0.05) is 22.9 Å². The van der Waals surface area contributed by atoms with Crippen LogP contribution in [0.25, 0.3) is 11.3 Å². The molecule has 0 radical (unpaired) electrons. The van der Waals surface area contributed by atoms with Crippen molar-refractivity contribution in [2.45, 2.75) is 31.9 Å². The molecule has 0 aliphatic carbocycles. The summed E-state index contributed by atoms with van der Waals surface area (Å²) < 4.78 is 0. The van der Waals surface area contributed by atoms with E-state index in [0.717, 1.165) is 16.3 Å². The number of likely N-dealkylation sites (N-methyl/N-ethyl adjacent to an activating group) is 1. The number of nitrogens with zero attached hydrogens (tertiary/aromatic N) is 2. The molecule has 0 saturated heterocycles. The van der Waals surface area contributed by atoms with Gasteiger partial charge in [0.05, 0.1) is 16.8 Å². The van der Waals surface area contributed by atoms with Gasteiger partial charge in [-0.25, -0.2) is 4.98 Å². The summed E-state index contributed by atoms with van der Waals surface area (Å²) in [6.45, 7) is 4.09. The van der Waals surface area contributed by atoms with Crippen LogP contribution >= 0.6 is 11.3 Å². The fraction of sp³-hybridized carbons (Fsp3) is 0.438. The van der Waals surface area contributed by atoms with E-state index in [0.29, 0.717) is 6.42 Å². The maximum absolute atomic E-state index is 10.4. The molecule has 0 fully saturated rings. The van der Waals surface area contributed by atoms with Crippen LogP contribution in [0.3, 0.4) is 0 Å². The van der Waals surface area contributed by atoms with Gasteiger partial charge in [-0.15, -0.1) is 11.3 Å². The number of aliphatic hydroxyl groups excluding tert-OH is 1. The lowest BCUT2D eigenvalue weighted by Crippen LogP contribution is -2.49. The Morgan fingerprint density at radius 2 is 1.90 bits per heavy atom. The number of hydrogen-bond donors (Lipinski definition) is 1. The Hall–Kier alpha value is -1.23. The van der Waals surface area contributed by atoms with Crippen LogP contribution in [-0.2, 0) is 6.42 Å². The van der Waals surface area contributed by atoms with Gasteiger partial charge in [0.2, 0.25) is 0 Å². The molecule has 1 aromatic heterocycles. The van der Waals surface area contributed by atoms with Crippen molar-refractivity contribution in [2.75, 3.05) is 14.1 Å². The quantitative estimate of drug-likeness (QED) is 0.919. The number of benzene rings is 1. The van der Waals surface area contributed by atoms with Crippen LogP contribution in [0.4, 0.5) is 0 Å². The average Bonchev–Trinajstić information content (AvgIpc) is 2.88. The highest BCUT2D eigenvalue weighted by Gasteiger charge is 2.30. The number of thiazole rings is 1. The van der Waals surface area contributed by atoms with Crippen LogP contribution in [0, 0.1) is 0 Å². The molecule has 1 atom stereocenters. The Morgan fingerprint density at radius 3 is 2.50 bits per heavy atom. The first-order valence-corrected chi connectivity index (χ1v) is 7.64. The predicted molar refractivity (Wildman–Crippen MR) is 85.0 cm³/mol. The van der Waals surface area contributed by atoms with Crippen LogP contribution in [0.15, 0.2) is 35.7 Å². The summed E-state index contributed by atoms with van der Waals surface area (Å²) in [5.74, 6) is 0. The van der Waals surface area contributed by atoms with Gasteiger partial charge in [-0.1, -0.05) is 30.3 Å². The van der Waals surface area contributed by atoms with E-state index in [1.165, 1.54) is 0 Å². The molecule has 2 rings (SSSR count). The zero-order valence-electron chi connectivity index (χ0n) is 12.5. The molecule has 4 heteroatoms. The van der Waals surface area contributed by atoms with Crippen molar-refractivity contribution in [3.8, 4) is 11.3 Å². The molecule has 0 amide bonds. The summed E-state index contributed by atoms with van der Waals surface area (Å²) in [6, 6.07) is 10.1. The molecular formula is C16H22N2OS. The van der Waals surface area contributed by atoms with Gasteiger partial charge in [-0.05, 0) is 27.9 Å². The van der Waals surface area contributed by atoms with E-state index in [9.17, 15) is 5.11 Å². The van der Waals surface area contributed by atoms with E-state index in [-0.39, 0.29) is 5.54 Å². The van der Waals surface area contributed by atoms with Crippen LogP contribution < -0.4 is 0 Å². The van der Waals surface area contributed by atoms with Gasteiger partial charge in [0.1, 0.15) is 0 Å². The minimum Gasteiger partial charge on any atom is -0.391 e. The first-order valence-electron chi connectivity index (χ1n) is 6.76. The molecule has 0 spiro atoms. The van der Waals surface area contributed by atoms with Gasteiger partial charge < -0.3 is 10.0 Å². The lowest BCUT2D eigenvalue weighted by atomic mass is 9.94. The van der Waals surface area contributed by atoms with Crippen molar-refractivity contribution in [1.82, 2.24) is 9.88 Å². The topological polar surface area (TPSA) is 36.4 Å². The summed E-state index contributed by atoms with van der Waals surface area (Å²) in [6.07, 6.45) is 0.148. The molecule has 0 saturated carbocycles. The second-order valence-corrected chi connectivity index (χ2v) is 6.70. The maximum Gasteiger partial charge on any atom is 0.0959 e. The molecular weight excluding hydrogens is 268 g/mol. The predicted octanol–water partition coefficient (Wildman–Crippen LogP) is 3.05. The molecule has 1 unspecified atom stereocenters. The zero-order valence-corrected chi connectivity index (χ0v) is 13.3. The van der Waals surface area contributed by atoms with Crippen LogP contribution in [0.2, 0.25) is 0 Å². The van der Waals surface area contributed by atoms with Gasteiger partial charge in [0.15, 0.2) is 0 Å². The second kappa shape index (κ2) is 6.04. The van der Waals surface area contributed by atoms with Crippen LogP contribution in [0.1, 0.15) is 18.9 Å². The maximum atomic E-state index is 10.4. The molecule has 0 aliphatic heterocycles. The number of aromatic nitrogens is 1. The fourth-order valence-corrected chi connectivity index (χ4v) is 2.70. The summed E-state index contributed by atoms with van der Waals surface area (Å²) in [7, 11) is 3.97. The van der Waals surface area contributed by atoms with E-state index in [2.05, 4.69) is 22.5 Å². The lowest BCUT2D eigenvalue weighted by Gasteiger charge is -2.36. The average molecular weight is 290 g/mol. The summed E-state index contributed by atoms with van der Waals surface area (Å²) in [5, 5.41) is 13.4. The molecule has 3 nitrogen and oxygen atoms in total. The Labute approximate surface area is 124 Å². The third-order valence-corrected chi connectivity index (χ3v) is 4.83. The number of hydrogen-bond acceptors (Lipinski definition) is 4. The van der Waals surface area contributed by atoms with E-state index >= 15 is 0 Å². The van der Waals surface area contributed by atoms with Crippen molar-refractivity contribution in [3.05, 3.63) is 40.7 Å². The molecule has 0 bridgehead atoms. The molecule has 0 aliphatic rings. The molecule has 1 heterocycles. The van der Waals surface area contributed by atoms with Gasteiger partial charge in [0.25, 0.3) is 0 Å². The third kappa shape index (κ3) is 3.26. The standard InChI is InChI=1S/C16H22N2OS/c1-16(2,18(3)4)14(19)10-15-17-13(11-20-15)12-8-6-5-7-9-12/h5-9,11,14,19H,10H2,1-4H3. The van der Waals surface area contributed by atoms with Crippen molar-refractivity contribution < 1.29 is 5.11 Å². The van der Waals surface area contributed by atoms with E-state index < -0.39 is 6.10 Å². The highest BCUT2D eigenvalue weighted by molar-refractivity contribution is 7.09. The molecule has 20 heavy (non-hydrogen) atoms. The Balaban J connectivity index is 2.11. The minimum absolute atomic E-state index is 0.265. The van der Waals surface area contributed by atoms with E-state index in [1.807, 2.05) is 51.0 Å². The van der Waals surface area contributed by atoms with Gasteiger partial charge in [-0.3, -0.25) is 0 Å². The Kier molecular flexibility index (Phi) is 4.58. The van der Waals surface area contributed by atoms with E-state index in [4.69, 9.17) is 0 Å². The van der Waals surface area contributed by atoms with Crippen LogP contribution in [0.5, 0.6) is 0 Å². The first-order chi connectivity index (χ1) is 9.41. The fourth-order valence-electron chi connectivity index (χ4n) is 1.86.